The molecule has 47 heavy (non-hydrogen) atoms. The lowest BCUT2D eigenvalue weighted by Gasteiger charge is -2.10. The van der Waals surface area contributed by atoms with Crippen molar-refractivity contribution in [3.8, 4) is 0 Å². The molecule has 0 saturated heterocycles. The Bertz CT molecular complexity index is 1740. The van der Waals surface area contributed by atoms with Gasteiger partial charge in [-0.05, 0) is 60.5 Å². The zero-order chi connectivity index (χ0) is 36.1. The molecule has 0 unspecified atom stereocenters. The van der Waals surface area contributed by atoms with E-state index >= 15 is 0 Å². The highest BCUT2D eigenvalue weighted by Gasteiger charge is 2.30. The molecular formula is C29H40ClN5O10S2. The van der Waals surface area contributed by atoms with Gasteiger partial charge in [0.2, 0.25) is 0 Å². The highest BCUT2D eigenvalue weighted by Crippen LogP contribution is 2.31. The molecule has 0 fully saturated rings. The van der Waals surface area contributed by atoms with Crippen LogP contribution < -0.4 is 11.5 Å². The predicted octanol–water partition coefficient (Wildman–Crippen LogP) is 5.03. The summed E-state index contributed by atoms with van der Waals surface area (Å²) in [4.78, 5) is 47.0. The number of halogens is 1. The number of carbonyl (C=O) groups is 2. The number of sulfone groups is 2. The molecule has 0 bridgehead atoms. The molecule has 0 saturated carbocycles. The Kier molecular flexibility index (Phi) is 16.1. The second-order valence-corrected chi connectivity index (χ2v) is 14.8. The van der Waals surface area contributed by atoms with Crippen LogP contribution in [0.25, 0.3) is 0 Å². The van der Waals surface area contributed by atoms with Crippen molar-refractivity contribution >= 4 is 59.8 Å². The molecule has 0 spiro atoms. The number of guanidine groups is 1. The number of carbonyl (C=O) groups excluding carboxylic acids is 2. The van der Waals surface area contributed by atoms with Gasteiger partial charge in [0.25, 0.3) is 22.5 Å². The fraction of sp³-hybridized carbons (Fsp3) is 0.483. The van der Waals surface area contributed by atoms with Crippen LogP contribution in [0, 0.1) is 20.2 Å². The minimum absolute atomic E-state index is 0.0247. The monoisotopic (exact) mass is 717 g/mol. The lowest BCUT2D eigenvalue weighted by Crippen LogP contribution is -2.24. The van der Waals surface area contributed by atoms with E-state index in [1.165, 1.54) is 12.1 Å². The zero-order valence-corrected chi connectivity index (χ0v) is 29.0. The fourth-order valence-corrected chi connectivity index (χ4v) is 7.79. The first kappa shape index (κ1) is 41.1. The Morgan fingerprint density at radius 2 is 1.11 bits per heavy atom. The highest BCUT2D eigenvalue weighted by molar-refractivity contribution is 7.91. The molecule has 0 atom stereocenters. The van der Waals surface area contributed by atoms with Gasteiger partial charge in [-0.2, -0.15) is 4.99 Å². The van der Waals surface area contributed by atoms with Crippen molar-refractivity contribution in [2.75, 3.05) is 11.5 Å². The van der Waals surface area contributed by atoms with Crippen molar-refractivity contribution in [1.82, 2.24) is 0 Å². The van der Waals surface area contributed by atoms with Gasteiger partial charge < -0.3 is 11.5 Å². The van der Waals surface area contributed by atoms with Crippen molar-refractivity contribution in [3.63, 3.8) is 0 Å². The van der Waals surface area contributed by atoms with E-state index in [0.29, 0.717) is 36.8 Å². The van der Waals surface area contributed by atoms with E-state index < -0.39 is 58.0 Å². The molecule has 0 aromatic heterocycles. The van der Waals surface area contributed by atoms with Gasteiger partial charge in [-0.15, -0.1) is 0 Å². The van der Waals surface area contributed by atoms with E-state index in [4.69, 9.17) is 23.1 Å². The number of benzene rings is 2. The first-order valence-electron chi connectivity index (χ1n) is 14.8. The lowest BCUT2D eigenvalue weighted by atomic mass is 10.0. The number of hydrogen-bond donors (Lipinski definition) is 2. The maximum Gasteiger partial charge on any atom is 0.288 e. The largest absolute Gasteiger partial charge is 0.370 e. The van der Waals surface area contributed by atoms with Crippen LogP contribution in [-0.2, 0) is 32.5 Å². The van der Waals surface area contributed by atoms with Crippen LogP contribution in [0.2, 0.25) is 0 Å². The summed E-state index contributed by atoms with van der Waals surface area (Å²) in [6.45, 7) is 7.28. The summed E-state index contributed by atoms with van der Waals surface area (Å²) in [5.74, 6) is -1.67. The highest BCUT2D eigenvalue weighted by atomic mass is 35.5. The molecule has 15 nitrogen and oxygen atoms in total. The average Bonchev–Trinajstić information content (AvgIpc) is 2.99. The summed E-state index contributed by atoms with van der Waals surface area (Å²) >= 11 is 5.42. The Morgan fingerprint density at radius 1 is 0.723 bits per heavy atom. The summed E-state index contributed by atoms with van der Waals surface area (Å²) in [7, 11) is -7.62. The van der Waals surface area contributed by atoms with Crippen LogP contribution >= 0.6 is 11.6 Å². The molecule has 2 rings (SSSR count). The molecule has 260 valence electrons. The molecule has 2 aromatic rings. The van der Waals surface area contributed by atoms with E-state index in [-0.39, 0.29) is 38.8 Å². The normalized spacial score (nSPS) is 11.3. The minimum Gasteiger partial charge on any atom is -0.370 e. The number of aryl methyl sites for hydroxylation is 2. The minimum atomic E-state index is -3.84. The third-order valence-electron chi connectivity index (χ3n) is 6.90. The van der Waals surface area contributed by atoms with Crippen LogP contribution in [0.3, 0.4) is 0 Å². The van der Waals surface area contributed by atoms with Gasteiger partial charge in [-0.25, -0.2) is 16.8 Å². The van der Waals surface area contributed by atoms with E-state index in [2.05, 4.69) is 4.99 Å². The zero-order valence-electron chi connectivity index (χ0n) is 26.7. The number of aliphatic imine (C=N–C) groups is 1. The smallest absolute Gasteiger partial charge is 0.288 e. The number of nitro benzene ring substituents is 2. The number of unbranched alkanes of at least 4 members (excludes halogenated alkanes) is 4. The van der Waals surface area contributed by atoms with Crippen LogP contribution in [0.1, 0.15) is 98.1 Å². The van der Waals surface area contributed by atoms with E-state index in [1.54, 1.807) is 13.8 Å². The number of nitrogens with zero attached hydrogens (tertiary/aromatic N) is 3. The molecule has 0 aliphatic carbocycles. The fourth-order valence-electron chi connectivity index (χ4n) is 4.45. The summed E-state index contributed by atoms with van der Waals surface area (Å²) < 4.78 is 49.7. The second kappa shape index (κ2) is 18.4. The first-order valence-corrected chi connectivity index (χ1v) is 18.5. The molecule has 4 N–H and O–H groups in total. The maximum absolute atomic E-state index is 12.5. The van der Waals surface area contributed by atoms with Gasteiger partial charge in [0.1, 0.15) is 9.79 Å². The molecular weight excluding hydrogens is 678 g/mol. The standard InChI is InChI=1S/C15H22N4O5S.C14H18ClNO5S/c1-3-5-6-7-25(23,24)13-8-10(4-2)11(9-12(13)19(21)22)14(20)18-15(16)17;1-3-5-6-7-22(20,21)13-8-10(4-2)11(14(15)17)9-12(13)16(18)19/h8-9H,3-7H2,1-2H3,(H4,16,17,18,20);8-9H,3-7H2,1-2H3. The van der Waals surface area contributed by atoms with Gasteiger partial charge >= 0.3 is 0 Å². The molecule has 0 aliphatic heterocycles. The van der Waals surface area contributed by atoms with E-state index in [1.807, 2.05) is 13.8 Å². The summed E-state index contributed by atoms with van der Waals surface area (Å²) in [5.41, 5.74) is 9.68. The molecule has 18 heteroatoms. The average molecular weight is 718 g/mol. The third-order valence-corrected chi connectivity index (χ3v) is 10.8. The van der Waals surface area contributed by atoms with Gasteiger partial charge in [-0.1, -0.05) is 53.4 Å². The van der Waals surface area contributed by atoms with Crippen molar-refractivity contribution < 1.29 is 36.3 Å². The summed E-state index contributed by atoms with van der Waals surface area (Å²) in [6.07, 6.45) is 4.58. The number of hydrogen-bond acceptors (Lipinski definition) is 10. The second-order valence-electron chi connectivity index (χ2n) is 10.3. The predicted molar refractivity (Wildman–Crippen MR) is 178 cm³/mol. The first-order chi connectivity index (χ1) is 21.9. The molecule has 2 aromatic carbocycles. The van der Waals surface area contributed by atoms with Crippen LogP contribution in [0.15, 0.2) is 39.0 Å². The van der Waals surface area contributed by atoms with Gasteiger partial charge in [0.05, 0.1) is 26.9 Å². The van der Waals surface area contributed by atoms with E-state index in [9.17, 15) is 46.7 Å². The van der Waals surface area contributed by atoms with Crippen molar-refractivity contribution in [2.24, 2.45) is 16.5 Å². The SMILES string of the molecule is CCCCCS(=O)(=O)c1cc(CC)c(C(=O)Cl)cc1[N+](=O)[O-].CCCCCS(=O)(=O)c1cc(CC)c(C(=O)N=C(N)N)cc1[N+](=O)[O-]. The van der Waals surface area contributed by atoms with Crippen molar-refractivity contribution in [3.05, 3.63) is 66.7 Å². The molecule has 0 heterocycles. The van der Waals surface area contributed by atoms with Gasteiger partial charge in [-0.3, -0.25) is 29.8 Å². The van der Waals surface area contributed by atoms with Crippen molar-refractivity contribution in [1.29, 1.82) is 0 Å². The number of amides is 1. The Labute approximate surface area is 278 Å². The molecule has 1 amide bonds. The van der Waals surface area contributed by atoms with Crippen LogP contribution in [-0.4, -0.2) is 55.3 Å². The Morgan fingerprint density at radius 3 is 1.43 bits per heavy atom. The topological polar surface area (TPSA) is 253 Å². The van der Waals surface area contributed by atoms with E-state index in [0.717, 1.165) is 31.4 Å². The number of rotatable bonds is 16. The number of nitro groups is 2. The molecule has 0 radical (unpaired) electrons. The summed E-state index contributed by atoms with van der Waals surface area (Å²) in [6, 6.07) is 4.27. The summed E-state index contributed by atoms with van der Waals surface area (Å²) in [5, 5.41) is 21.7. The lowest BCUT2D eigenvalue weighted by molar-refractivity contribution is -0.388. The molecule has 0 aliphatic rings. The van der Waals surface area contributed by atoms with Crippen LogP contribution in [0.5, 0.6) is 0 Å². The van der Waals surface area contributed by atoms with Crippen LogP contribution in [0.4, 0.5) is 11.4 Å². The quantitative estimate of drug-likeness (QED) is 0.0578. The third kappa shape index (κ3) is 11.7. The van der Waals surface area contributed by atoms with Gasteiger partial charge in [0.15, 0.2) is 25.6 Å². The Balaban J connectivity index is 0.000000474. The maximum atomic E-state index is 12.5. The van der Waals surface area contributed by atoms with Gasteiger partial charge in [0, 0.05) is 17.7 Å². The Hall–Kier alpha value is -3.96. The number of nitrogens with two attached hydrogens (primary N) is 2. The van der Waals surface area contributed by atoms with Crippen molar-refractivity contribution in [2.45, 2.75) is 88.9 Å².